The lowest BCUT2D eigenvalue weighted by atomic mass is 10.0. The highest BCUT2D eigenvalue weighted by molar-refractivity contribution is 5.79. The number of rotatable bonds is 3. The van der Waals surface area contributed by atoms with E-state index in [1.54, 1.807) is 7.05 Å². The minimum Gasteiger partial charge on any atom is -0.486 e. The summed E-state index contributed by atoms with van der Waals surface area (Å²) in [7, 11) is 2.98. The maximum atomic E-state index is 13.2. The standard InChI is InChI=1S/C21H23N5O5/c1-23-19-18(20(28)24(2)21(23)29)25(12-22-19)11-17(27)26-7-3-4-14(26)13-5-6-15-16(10-13)31-9-8-30-15/h5-6,10,12,14H,3-4,7-9,11H2,1-2H3. The summed E-state index contributed by atoms with van der Waals surface area (Å²) in [6.45, 7) is 1.66. The molecular formula is C21H23N5O5. The van der Waals surface area contributed by atoms with E-state index in [1.165, 1.54) is 22.5 Å². The van der Waals surface area contributed by atoms with Gasteiger partial charge in [0.15, 0.2) is 22.7 Å². The Balaban J connectivity index is 1.44. The van der Waals surface area contributed by atoms with Crippen molar-refractivity contribution in [3.05, 3.63) is 50.9 Å². The van der Waals surface area contributed by atoms with E-state index >= 15 is 0 Å². The van der Waals surface area contributed by atoms with Crippen LogP contribution in [0.3, 0.4) is 0 Å². The van der Waals surface area contributed by atoms with E-state index < -0.39 is 11.2 Å². The van der Waals surface area contributed by atoms with Gasteiger partial charge in [0.2, 0.25) is 5.91 Å². The molecule has 2 aliphatic heterocycles. The van der Waals surface area contributed by atoms with Gasteiger partial charge in [-0.25, -0.2) is 9.78 Å². The summed E-state index contributed by atoms with van der Waals surface area (Å²) in [6, 6.07) is 5.74. The maximum absolute atomic E-state index is 13.2. The molecular weight excluding hydrogens is 402 g/mol. The molecule has 1 unspecified atom stereocenters. The van der Waals surface area contributed by atoms with Crippen molar-refractivity contribution < 1.29 is 14.3 Å². The number of nitrogens with zero attached hydrogens (tertiary/aromatic N) is 5. The van der Waals surface area contributed by atoms with Crippen molar-refractivity contribution in [2.24, 2.45) is 14.1 Å². The second-order valence-electron chi connectivity index (χ2n) is 7.90. The van der Waals surface area contributed by atoms with Gasteiger partial charge in [0.25, 0.3) is 5.56 Å². The summed E-state index contributed by atoms with van der Waals surface area (Å²) in [5.41, 5.74) is 0.600. The maximum Gasteiger partial charge on any atom is 0.332 e. The van der Waals surface area contributed by atoms with Crippen LogP contribution in [0.4, 0.5) is 0 Å². The van der Waals surface area contributed by atoms with E-state index in [4.69, 9.17) is 9.47 Å². The molecule has 0 saturated carbocycles. The summed E-state index contributed by atoms with van der Waals surface area (Å²) in [6.07, 6.45) is 3.19. The quantitative estimate of drug-likeness (QED) is 0.608. The third-order valence-electron chi connectivity index (χ3n) is 6.05. The van der Waals surface area contributed by atoms with Crippen molar-refractivity contribution in [3.63, 3.8) is 0 Å². The molecule has 31 heavy (non-hydrogen) atoms. The van der Waals surface area contributed by atoms with Crippen LogP contribution in [0.5, 0.6) is 11.5 Å². The SMILES string of the molecule is Cn1c(=O)c2c(ncn2CC(=O)N2CCCC2c2ccc3c(c2)OCCO3)n(C)c1=O. The predicted octanol–water partition coefficient (Wildman–Crippen LogP) is 0.569. The number of imidazole rings is 1. The lowest BCUT2D eigenvalue weighted by Crippen LogP contribution is -2.38. The van der Waals surface area contributed by atoms with Crippen LogP contribution < -0.4 is 20.7 Å². The normalized spacial score (nSPS) is 18.0. The molecule has 0 radical (unpaired) electrons. The number of carbonyl (C=O) groups excluding carboxylic acids is 1. The van der Waals surface area contributed by atoms with E-state index in [0.29, 0.717) is 25.5 Å². The van der Waals surface area contributed by atoms with Gasteiger partial charge in [-0.3, -0.25) is 18.7 Å². The zero-order chi connectivity index (χ0) is 21.7. The molecule has 1 aromatic carbocycles. The number of aromatic nitrogens is 4. The number of carbonyl (C=O) groups is 1. The molecule has 2 aromatic heterocycles. The number of aryl methyl sites for hydroxylation is 1. The summed E-state index contributed by atoms with van der Waals surface area (Å²) in [5, 5.41) is 0. The van der Waals surface area contributed by atoms with Crippen molar-refractivity contribution in [2.75, 3.05) is 19.8 Å². The zero-order valence-electron chi connectivity index (χ0n) is 17.4. The van der Waals surface area contributed by atoms with E-state index in [-0.39, 0.29) is 29.7 Å². The largest absolute Gasteiger partial charge is 0.486 e. The topological polar surface area (TPSA) is 101 Å². The minimum absolute atomic E-state index is 0.0228. The first-order valence-electron chi connectivity index (χ1n) is 10.3. The van der Waals surface area contributed by atoms with E-state index in [2.05, 4.69) is 4.98 Å². The number of hydrogen-bond donors (Lipinski definition) is 0. The average molecular weight is 425 g/mol. The van der Waals surface area contributed by atoms with Gasteiger partial charge in [-0.05, 0) is 30.5 Å². The van der Waals surface area contributed by atoms with Crippen molar-refractivity contribution in [1.29, 1.82) is 0 Å². The monoisotopic (exact) mass is 425 g/mol. The second-order valence-corrected chi connectivity index (χ2v) is 7.90. The molecule has 1 amide bonds. The Morgan fingerprint density at radius 3 is 2.71 bits per heavy atom. The smallest absolute Gasteiger partial charge is 0.332 e. The fourth-order valence-corrected chi connectivity index (χ4v) is 4.43. The molecule has 162 valence electrons. The van der Waals surface area contributed by atoms with E-state index in [0.717, 1.165) is 28.7 Å². The van der Waals surface area contributed by atoms with Gasteiger partial charge in [0.05, 0.1) is 12.4 Å². The third kappa shape index (κ3) is 3.09. The van der Waals surface area contributed by atoms with E-state index in [1.807, 2.05) is 23.1 Å². The molecule has 2 aliphatic rings. The zero-order valence-corrected chi connectivity index (χ0v) is 17.4. The van der Waals surface area contributed by atoms with Gasteiger partial charge >= 0.3 is 5.69 Å². The molecule has 10 nitrogen and oxygen atoms in total. The van der Waals surface area contributed by atoms with Gasteiger partial charge in [0.1, 0.15) is 19.8 Å². The lowest BCUT2D eigenvalue weighted by molar-refractivity contribution is -0.132. The first kappa shape index (κ1) is 19.4. The van der Waals surface area contributed by atoms with Crippen molar-refractivity contribution in [2.45, 2.75) is 25.4 Å². The fraction of sp³-hybridized carbons (Fsp3) is 0.429. The Bertz CT molecular complexity index is 1300. The van der Waals surface area contributed by atoms with Crippen LogP contribution in [-0.2, 0) is 25.4 Å². The molecule has 0 aliphatic carbocycles. The fourth-order valence-electron chi connectivity index (χ4n) is 4.43. The van der Waals surface area contributed by atoms with Crippen molar-refractivity contribution in [3.8, 4) is 11.5 Å². The van der Waals surface area contributed by atoms with Crippen molar-refractivity contribution >= 4 is 17.1 Å². The van der Waals surface area contributed by atoms with Gasteiger partial charge in [-0.15, -0.1) is 0 Å². The molecule has 1 fully saturated rings. The summed E-state index contributed by atoms with van der Waals surface area (Å²) in [4.78, 5) is 44.0. The molecule has 10 heteroatoms. The molecule has 3 aromatic rings. The average Bonchev–Trinajstić information content (AvgIpc) is 3.43. The van der Waals surface area contributed by atoms with Crippen molar-refractivity contribution in [1.82, 2.24) is 23.6 Å². The molecule has 0 spiro atoms. The minimum atomic E-state index is -0.465. The highest BCUT2D eigenvalue weighted by atomic mass is 16.6. The highest BCUT2D eigenvalue weighted by Gasteiger charge is 2.31. The number of likely N-dealkylation sites (tertiary alicyclic amines) is 1. The summed E-state index contributed by atoms with van der Waals surface area (Å²) in [5.74, 6) is 1.32. The number of amides is 1. The van der Waals surface area contributed by atoms with Crippen LogP contribution in [0.15, 0.2) is 34.1 Å². The van der Waals surface area contributed by atoms with Crippen LogP contribution >= 0.6 is 0 Å². The van der Waals surface area contributed by atoms with Gasteiger partial charge in [-0.2, -0.15) is 0 Å². The van der Waals surface area contributed by atoms with Crippen LogP contribution in [0.2, 0.25) is 0 Å². The molecule has 1 atom stereocenters. The Morgan fingerprint density at radius 2 is 1.90 bits per heavy atom. The first-order chi connectivity index (χ1) is 15.0. The molecule has 4 heterocycles. The first-order valence-corrected chi connectivity index (χ1v) is 10.3. The van der Waals surface area contributed by atoms with Gasteiger partial charge in [0, 0.05) is 20.6 Å². The van der Waals surface area contributed by atoms with Crippen LogP contribution in [0.1, 0.15) is 24.4 Å². The number of fused-ring (bicyclic) bond motifs is 2. The molecule has 1 saturated heterocycles. The van der Waals surface area contributed by atoms with Gasteiger partial charge < -0.3 is 18.9 Å². The molecule has 5 rings (SSSR count). The highest BCUT2D eigenvalue weighted by Crippen LogP contribution is 2.38. The lowest BCUT2D eigenvalue weighted by Gasteiger charge is -2.27. The second kappa shape index (κ2) is 7.29. The number of ether oxygens (including phenoxy) is 2. The van der Waals surface area contributed by atoms with E-state index in [9.17, 15) is 14.4 Å². The Labute approximate surface area is 177 Å². The summed E-state index contributed by atoms with van der Waals surface area (Å²) < 4.78 is 15.2. The molecule has 0 bridgehead atoms. The number of benzene rings is 1. The third-order valence-corrected chi connectivity index (χ3v) is 6.05. The molecule has 0 N–H and O–H groups in total. The van der Waals surface area contributed by atoms with Crippen LogP contribution in [0.25, 0.3) is 11.2 Å². The Kier molecular flexibility index (Phi) is 4.57. The van der Waals surface area contributed by atoms with Gasteiger partial charge in [-0.1, -0.05) is 6.07 Å². The van der Waals surface area contributed by atoms with Crippen LogP contribution in [0, 0.1) is 0 Å². The predicted molar refractivity (Wildman–Crippen MR) is 111 cm³/mol. The number of hydrogen-bond acceptors (Lipinski definition) is 6. The van der Waals surface area contributed by atoms with Crippen LogP contribution in [-0.4, -0.2) is 49.3 Å². The Morgan fingerprint density at radius 1 is 1.13 bits per heavy atom. The summed E-state index contributed by atoms with van der Waals surface area (Å²) >= 11 is 0. The Hall–Kier alpha value is -3.56.